The second-order valence-electron chi connectivity index (χ2n) is 9.78. The third kappa shape index (κ3) is 4.72. The Kier molecular flexibility index (Phi) is 7.30. The molecule has 3 aliphatic rings. The molecule has 2 N–H and O–H groups in total. The van der Waals surface area contributed by atoms with Crippen LogP contribution in [0.1, 0.15) is 37.7 Å². The summed E-state index contributed by atoms with van der Waals surface area (Å²) in [6, 6.07) is 0. The summed E-state index contributed by atoms with van der Waals surface area (Å²) in [5.41, 5.74) is 5.71. The molecule has 3 aliphatic heterocycles. The van der Waals surface area contributed by atoms with Crippen LogP contribution < -0.4 is 25.0 Å². The highest BCUT2D eigenvalue weighted by Gasteiger charge is 2.42. The Morgan fingerprint density at radius 1 is 0.947 bits per heavy atom. The van der Waals surface area contributed by atoms with Crippen molar-refractivity contribution in [3.8, 4) is 11.5 Å². The zero-order chi connectivity index (χ0) is 27.0. The van der Waals surface area contributed by atoms with Crippen LogP contribution in [0.3, 0.4) is 0 Å². The van der Waals surface area contributed by atoms with Gasteiger partial charge in [-0.2, -0.15) is 18.2 Å². The highest BCUT2D eigenvalue weighted by Crippen LogP contribution is 2.53. The molecule has 1 aromatic carbocycles. The van der Waals surface area contributed by atoms with Crippen molar-refractivity contribution in [1.29, 1.82) is 0 Å². The molecular weight excluding hydrogens is 505 g/mol. The van der Waals surface area contributed by atoms with Gasteiger partial charge in [-0.1, -0.05) is 0 Å². The van der Waals surface area contributed by atoms with Crippen LogP contribution in [-0.4, -0.2) is 87.0 Å². The maximum absolute atomic E-state index is 14.4. The van der Waals surface area contributed by atoms with Crippen LogP contribution in [0.2, 0.25) is 0 Å². The van der Waals surface area contributed by atoms with E-state index >= 15 is 0 Å². The van der Waals surface area contributed by atoms with Crippen LogP contribution in [-0.2, 0) is 15.7 Å². The summed E-state index contributed by atoms with van der Waals surface area (Å²) < 4.78 is 59.6. The molecule has 0 spiro atoms. The van der Waals surface area contributed by atoms with Crippen LogP contribution in [0, 0.1) is 0 Å². The van der Waals surface area contributed by atoms with E-state index in [4.69, 9.17) is 19.9 Å². The third-order valence-electron chi connectivity index (χ3n) is 7.49. The number of nitrogen functional groups attached to an aromatic ring is 1. The second-order valence-corrected chi connectivity index (χ2v) is 9.78. The maximum Gasteiger partial charge on any atom is 0.420 e. The number of halogens is 3. The number of methoxy groups -OCH3 is 2. The molecule has 3 saturated heterocycles. The molecule has 208 valence electrons. The summed E-state index contributed by atoms with van der Waals surface area (Å²) >= 11 is 0. The summed E-state index contributed by atoms with van der Waals surface area (Å²) in [4.78, 5) is 27.3. The number of piperazine rings is 1. The normalized spacial score (nSPS) is 20.8. The van der Waals surface area contributed by atoms with Gasteiger partial charge in [-0.05, 0) is 32.1 Å². The predicted molar refractivity (Wildman–Crippen MR) is 136 cm³/mol. The van der Waals surface area contributed by atoms with Crippen LogP contribution in [0.5, 0.6) is 11.5 Å². The number of nitrogens with two attached hydrogens (primary N) is 1. The van der Waals surface area contributed by atoms with Crippen molar-refractivity contribution in [1.82, 2.24) is 14.9 Å². The number of piperidine rings is 1. The molecule has 0 saturated carbocycles. The summed E-state index contributed by atoms with van der Waals surface area (Å²) in [5, 5.41) is -0.299. The largest absolute Gasteiger partial charge is 0.492 e. The second kappa shape index (κ2) is 10.5. The first-order valence-corrected chi connectivity index (χ1v) is 13.0. The fourth-order valence-corrected chi connectivity index (χ4v) is 5.64. The van der Waals surface area contributed by atoms with Crippen LogP contribution in [0.25, 0.3) is 10.9 Å². The molecule has 1 unspecified atom stereocenters. The highest BCUT2D eigenvalue weighted by molar-refractivity contribution is 6.05. The number of alkyl halides is 3. The zero-order valence-electron chi connectivity index (χ0n) is 21.6. The van der Waals surface area contributed by atoms with Crippen molar-refractivity contribution in [2.75, 3.05) is 75.6 Å². The Balaban J connectivity index is 1.58. The number of anilines is 3. The maximum atomic E-state index is 14.4. The minimum absolute atomic E-state index is 0.0229. The molecule has 0 aliphatic carbocycles. The van der Waals surface area contributed by atoms with Gasteiger partial charge in [-0.25, -0.2) is 4.98 Å². The molecule has 1 amide bonds. The smallest absolute Gasteiger partial charge is 0.420 e. The molecule has 1 atom stereocenters. The number of fused-ring (bicyclic) bond motifs is 1. The topological polar surface area (TPSA) is 106 Å². The van der Waals surface area contributed by atoms with Gasteiger partial charge in [0.1, 0.15) is 28.7 Å². The molecule has 13 heteroatoms. The summed E-state index contributed by atoms with van der Waals surface area (Å²) in [6.45, 7) is 3.57. The Bertz CT molecular complexity index is 1190. The number of ether oxygens (including phenoxy) is 3. The van der Waals surface area contributed by atoms with Gasteiger partial charge in [0.2, 0.25) is 5.95 Å². The van der Waals surface area contributed by atoms with Crippen LogP contribution in [0.4, 0.5) is 30.6 Å². The van der Waals surface area contributed by atoms with Gasteiger partial charge in [-0.15, -0.1) is 0 Å². The quantitative estimate of drug-likeness (QED) is 0.615. The van der Waals surface area contributed by atoms with Crippen molar-refractivity contribution in [3.63, 3.8) is 0 Å². The molecule has 2 aromatic rings. The highest BCUT2D eigenvalue weighted by atomic mass is 19.4. The molecule has 1 aromatic heterocycles. The van der Waals surface area contributed by atoms with Crippen molar-refractivity contribution >= 4 is 34.3 Å². The Hall–Kier alpha value is -3.22. The molecule has 4 heterocycles. The van der Waals surface area contributed by atoms with E-state index in [1.54, 1.807) is 4.90 Å². The first kappa shape index (κ1) is 26.4. The average Bonchev–Trinajstić information content (AvgIpc) is 3.46. The lowest BCUT2D eigenvalue weighted by atomic mass is 10.0. The molecule has 10 nitrogen and oxygen atoms in total. The fraction of sp³-hybridized carbons (Fsp3) is 0.640. The summed E-state index contributed by atoms with van der Waals surface area (Å²) in [6.07, 6.45) is -0.783. The molecular formula is C25H33F3N6O4. The summed E-state index contributed by atoms with van der Waals surface area (Å²) in [7, 11) is 2.51. The number of aromatic nitrogens is 2. The van der Waals surface area contributed by atoms with Crippen molar-refractivity contribution < 1.29 is 32.2 Å². The van der Waals surface area contributed by atoms with Crippen molar-refractivity contribution in [3.05, 3.63) is 5.56 Å². The lowest BCUT2D eigenvalue weighted by molar-refractivity contribution is -0.141. The lowest BCUT2D eigenvalue weighted by Gasteiger charge is -2.36. The van der Waals surface area contributed by atoms with E-state index in [1.807, 2.05) is 9.80 Å². The van der Waals surface area contributed by atoms with Gasteiger partial charge in [0, 0.05) is 45.9 Å². The minimum atomic E-state index is -4.79. The first-order chi connectivity index (χ1) is 18.2. The van der Waals surface area contributed by atoms with Gasteiger partial charge in [0.25, 0.3) is 5.91 Å². The van der Waals surface area contributed by atoms with Crippen molar-refractivity contribution in [2.24, 2.45) is 0 Å². The molecule has 38 heavy (non-hydrogen) atoms. The molecule has 0 bridgehead atoms. The fourth-order valence-electron chi connectivity index (χ4n) is 5.64. The Morgan fingerprint density at radius 3 is 2.21 bits per heavy atom. The minimum Gasteiger partial charge on any atom is -0.492 e. The number of benzene rings is 1. The molecule has 5 rings (SSSR count). The first-order valence-electron chi connectivity index (χ1n) is 13.0. The van der Waals surface area contributed by atoms with Gasteiger partial charge in [-0.3, -0.25) is 4.79 Å². The Labute approximate surface area is 218 Å². The van der Waals surface area contributed by atoms with Gasteiger partial charge >= 0.3 is 6.18 Å². The SMILES string of the molecule is COc1c(OC)c(C(F)(F)F)c2c(N)nc(N3CCN(C(=O)C4CCCO4)CC3)nc2c1N1CCCCC1. The monoisotopic (exact) mass is 538 g/mol. The number of carbonyl (C=O) groups excluding carboxylic acids is 1. The number of amides is 1. The molecule has 0 radical (unpaired) electrons. The van der Waals surface area contributed by atoms with E-state index in [9.17, 15) is 18.0 Å². The number of nitrogens with zero attached hydrogens (tertiary/aromatic N) is 5. The van der Waals surface area contributed by atoms with E-state index in [1.165, 1.54) is 14.2 Å². The van der Waals surface area contributed by atoms with E-state index < -0.39 is 23.6 Å². The number of rotatable bonds is 5. The van der Waals surface area contributed by atoms with Gasteiger partial charge < -0.3 is 34.6 Å². The number of hydrogen-bond acceptors (Lipinski definition) is 9. The number of carbonyl (C=O) groups is 1. The van der Waals surface area contributed by atoms with Gasteiger partial charge in [0.05, 0.1) is 19.6 Å². The van der Waals surface area contributed by atoms with E-state index in [0.717, 1.165) is 32.1 Å². The van der Waals surface area contributed by atoms with E-state index in [-0.39, 0.29) is 34.3 Å². The standard InChI is InChI=1S/C25H33F3N6O4/c1-36-20-17(25(26,27)28)16-18(19(21(20)37-2)32-8-4-3-5-9-32)30-24(31-22(16)29)34-12-10-33(11-13-34)23(35)15-7-6-14-38-15/h15H,3-14H2,1-2H3,(H2,29,30,31). The molecule has 3 fully saturated rings. The number of hydrogen-bond donors (Lipinski definition) is 1. The predicted octanol–water partition coefficient (Wildman–Crippen LogP) is 3.07. The van der Waals surface area contributed by atoms with Gasteiger partial charge in [0.15, 0.2) is 11.5 Å². The zero-order valence-corrected chi connectivity index (χ0v) is 21.6. The van der Waals surface area contributed by atoms with Crippen molar-refractivity contribution in [2.45, 2.75) is 44.4 Å². The van der Waals surface area contributed by atoms with E-state index in [2.05, 4.69) is 9.97 Å². The van der Waals surface area contributed by atoms with Crippen LogP contribution in [0.15, 0.2) is 0 Å². The third-order valence-corrected chi connectivity index (χ3v) is 7.49. The van der Waals surface area contributed by atoms with Crippen LogP contribution >= 0.6 is 0 Å². The van der Waals surface area contributed by atoms with E-state index in [0.29, 0.717) is 51.6 Å². The lowest BCUT2D eigenvalue weighted by Crippen LogP contribution is -2.51. The summed E-state index contributed by atoms with van der Waals surface area (Å²) in [5.74, 6) is -0.546. The Morgan fingerprint density at radius 2 is 1.63 bits per heavy atom. The average molecular weight is 539 g/mol.